The Hall–Kier alpha value is -1.59. The number of urea groups is 1. The molecule has 1 saturated heterocycles. The summed E-state index contributed by atoms with van der Waals surface area (Å²) in [7, 11) is 0. The van der Waals surface area contributed by atoms with Crippen LogP contribution in [0.5, 0.6) is 0 Å². The van der Waals surface area contributed by atoms with Crippen LogP contribution in [0, 0.1) is 0 Å². The molecule has 1 rings (SSSR count). The summed E-state index contributed by atoms with van der Waals surface area (Å²) >= 11 is 0. The lowest BCUT2D eigenvalue weighted by molar-refractivity contribution is 0.0291. The fourth-order valence-corrected chi connectivity index (χ4v) is 1.59. The Bertz CT molecular complexity index is 322. The molecular weight excluding hydrogens is 222 g/mol. The number of nitrogens with one attached hydrogen (secondary N) is 1. The summed E-state index contributed by atoms with van der Waals surface area (Å²) in [4.78, 5) is 27.5. The molecule has 0 unspecified atom stereocenters. The number of aliphatic imine (C=N–C) groups is 1. The maximum Gasteiger partial charge on any atom is 0.410 e. The molecule has 6 heteroatoms. The molecule has 1 atom stereocenters. The standard InChI is InChI=1S/C11H19N3O3/c1-11(2,3)17-10(16)14-6-5-8(7-14)13-9(15)12-4/h8H,4-7H2,1-3H3,(H,13,15)/t8-/m0/s1. The fourth-order valence-electron chi connectivity index (χ4n) is 1.59. The highest BCUT2D eigenvalue weighted by Gasteiger charge is 2.30. The summed E-state index contributed by atoms with van der Waals surface area (Å²) in [5, 5.41) is 2.66. The summed E-state index contributed by atoms with van der Waals surface area (Å²) in [6.07, 6.45) is 0.362. The maximum atomic E-state index is 11.7. The molecular formula is C11H19N3O3. The molecule has 0 aliphatic carbocycles. The minimum Gasteiger partial charge on any atom is -0.444 e. The van der Waals surface area contributed by atoms with E-state index in [0.717, 1.165) is 0 Å². The summed E-state index contributed by atoms with van der Waals surface area (Å²) in [5.74, 6) is 0. The Balaban J connectivity index is 2.42. The molecule has 1 N–H and O–H groups in total. The van der Waals surface area contributed by atoms with Crippen molar-refractivity contribution in [1.29, 1.82) is 0 Å². The number of likely N-dealkylation sites (tertiary alicyclic amines) is 1. The van der Waals surface area contributed by atoms with Crippen molar-refractivity contribution in [3.05, 3.63) is 0 Å². The number of ether oxygens (including phenoxy) is 1. The Morgan fingerprint density at radius 2 is 2.12 bits per heavy atom. The third-order valence-electron chi connectivity index (χ3n) is 2.31. The summed E-state index contributed by atoms with van der Waals surface area (Å²) in [6, 6.07) is -0.526. The zero-order chi connectivity index (χ0) is 13.1. The van der Waals surface area contributed by atoms with E-state index in [2.05, 4.69) is 17.0 Å². The molecule has 0 spiro atoms. The van der Waals surface area contributed by atoms with E-state index in [0.29, 0.717) is 19.5 Å². The first kappa shape index (κ1) is 13.5. The molecule has 96 valence electrons. The van der Waals surface area contributed by atoms with Gasteiger partial charge in [-0.05, 0) is 33.9 Å². The molecule has 0 aromatic rings. The number of rotatable bonds is 1. The number of hydrogen-bond donors (Lipinski definition) is 1. The lowest BCUT2D eigenvalue weighted by atomic mass is 10.2. The van der Waals surface area contributed by atoms with Crippen molar-refractivity contribution in [1.82, 2.24) is 10.2 Å². The van der Waals surface area contributed by atoms with Crippen LogP contribution in [-0.2, 0) is 4.74 Å². The van der Waals surface area contributed by atoms with Crippen LogP contribution in [0.3, 0.4) is 0 Å². The van der Waals surface area contributed by atoms with Gasteiger partial charge in [0.15, 0.2) is 0 Å². The zero-order valence-corrected chi connectivity index (χ0v) is 10.5. The fraction of sp³-hybridized carbons (Fsp3) is 0.727. The van der Waals surface area contributed by atoms with E-state index in [9.17, 15) is 9.59 Å². The van der Waals surface area contributed by atoms with Crippen LogP contribution in [0.15, 0.2) is 4.99 Å². The van der Waals surface area contributed by atoms with Crippen LogP contribution >= 0.6 is 0 Å². The SMILES string of the molecule is C=NC(=O)N[C@H]1CCN(C(=O)OC(C)(C)C)C1. The Labute approximate surface area is 101 Å². The van der Waals surface area contributed by atoms with E-state index in [1.54, 1.807) is 4.90 Å². The van der Waals surface area contributed by atoms with E-state index < -0.39 is 11.6 Å². The number of amides is 3. The summed E-state index contributed by atoms with van der Waals surface area (Å²) in [6.45, 7) is 9.64. The first-order valence-corrected chi connectivity index (χ1v) is 5.57. The van der Waals surface area contributed by atoms with Crippen LogP contribution in [0.25, 0.3) is 0 Å². The summed E-state index contributed by atoms with van der Waals surface area (Å²) in [5.41, 5.74) is -0.499. The predicted octanol–water partition coefficient (Wildman–Crippen LogP) is 1.41. The Morgan fingerprint density at radius 1 is 1.47 bits per heavy atom. The molecule has 0 saturated carbocycles. The van der Waals surface area contributed by atoms with Gasteiger partial charge in [0, 0.05) is 13.1 Å². The normalized spacial score (nSPS) is 19.9. The molecule has 0 aromatic carbocycles. The highest BCUT2D eigenvalue weighted by atomic mass is 16.6. The van der Waals surface area contributed by atoms with Gasteiger partial charge in [0.25, 0.3) is 0 Å². The minimum atomic E-state index is -0.499. The van der Waals surface area contributed by atoms with Crippen molar-refractivity contribution in [3.8, 4) is 0 Å². The second-order valence-electron chi connectivity index (χ2n) is 5.02. The van der Waals surface area contributed by atoms with E-state index in [4.69, 9.17) is 4.74 Å². The molecule has 1 aliphatic heterocycles. The molecule has 0 bridgehead atoms. The highest BCUT2D eigenvalue weighted by Crippen LogP contribution is 2.15. The molecule has 3 amide bonds. The number of carbonyl (C=O) groups is 2. The van der Waals surface area contributed by atoms with Crippen LogP contribution in [0.4, 0.5) is 9.59 Å². The van der Waals surface area contributed by atoms with Gasteiger partial charge in [0.1, 0.15) is 5.60 Å². The van der Waals surface area contributed by atoms with Gasteiger partial charge in [0.05, 0.1) is 6.04 Å². The first-order chi connectivity index (χ1) is 7.81. The lowest BCUT2D eigenvalue weighted by Gasteiger charge is -2.24. The third kappa shape index (κ3) is 4.42. The van der Waals surface area contributed by atoms with Crippen molar-refractivity contribution < 1.29 is 14.3 Å². The largest absolute Gasteiger partial charge is 0.444 e. The van der Waals surface area contributed by atoms with Gasteiger partial charge in [-0.1, -0.05) is 0 Å². The number of carbonyl (C=O) groups excluding carboxylic acids is 2. The molecule has 17 heavy (non-hydrogen) atoms. The van der Waals surface area contributed by atoms with Gasteiger partial charge >= 0.3 is 12.1 Å². The monoisotopic (exact) mass is 241 g/mol. The van der Waals surface area contributed by atoms with Crippen molar-refractivity contribution in [2.75, 3.05) is 13.1 Å². The average molecular weight is 241 g/mol. The van der Waals surface area contributed by atoms with Crippen LogP contribution in [-0.4, -0.2) is 48.5 Å². The van der Waals surface area contributed by atoms with Crippen molar-refractivity contribution >= 4 is 18.8 Å². The second kappa shape index (κ2) is 5.16. The second-order valence-corrected chi connectivity index (χ2v) is 5.02. The molecule has 0 radical (unpaired) electrons. The Morgan fingerprint density at radius 3 is 2.65 bits per heavy atom. The third-order valence-corrected chi connectivity index (χ3v) is 2.31. The quantitative estimate of drug-likeness (QED) is 0.705. The smallest absolute Gasteiger partial charge is 0.410 e. The van der Waals surface area contributed by atoms with Gasteiger partial charge in [-0.3, -0.25) is 0 Å². The van der Waals surface area contributed by atoms with Crippen LogP contribution in [0.2, 0.25) is 0 Å². The average Bonchev–Trinajstić information content (AvgIpc) is 2.63. The van der Waals surface area contributed by atoms with Gasteiger partial charge in [-0.2, -0.15) is 0 Å². The van der Waals surface area contributed by atoms with Crippen molar-refractivity contribution in [3.63, 3.8) is 0 Å². The van der Waals surface area contributed by atoms with E-state index >= 15 is 0 Å². The zero-order valence-electron chi connectivity index (χ0n) is 10.5. The maximum absolute atomic E-state index is 11.7. The van der Waals surface area contributed by atoms with Gasteiger partial charge in [-0.15, -0.1) is 0 Å². The molecule has 1 heterocycles. The van der Waals surface area contributed by atoms with E-state index in [1.165, 1.54) is 0 Å². The van der Waals surface area contributed by atoms with Crippen molar-refractivity contribution in [2.24, 2.45) is 4.99 Å². The molecule has 1 aliphatic rings. The lowest BCUT2D eigenvalue weighted by Crippen LogP contribution is -2.39. The number of hydrogen-bond acceptors (Lipinski definition) is 3. The van der Waals surface area contributed by atoms with E-state index in [1.807, 2.05) is 20.8 Å². The molecule has 6 nitrogen and oxygen atoms in total. The summed E-state index contributed by atoms with van der Waals surface area (Å²) < 4.78 is 5.24. The van der Waals surface area contributed by atoms with Crippen LogP contribution in [0.1, 0.15) is 27.2 Å². The molecule has 0 aromatic heterocycles. The predicted molar refractivity (Wildman–Crippen MR) is 64.3 cm³/mol. The van der Waals surface area contributed by atoms with Gasteiger partial charge < -0.3 is 15.0 Å². The highest BCUT2D eigenvalue weighted by molar-refractivity contribution is 5.79. The van der Waals surface area contributed by atoms with Crippen molar-refractivity contribution in [2.45, 2.75) is 38.8 Å². The first-order valence-electron chi connectivity index (χ1n) is 5.57. The van der Waals surface area contributed by atoms with Crippen LogP contribution < -0.4 is 5.32 Å². The Kier molecular flexibility index (Phi) is 4.09. The minimum absolute atomic E-state index is 0.0690. The molecule has 1 fully saturated rings. The topological polar surface area (TPSA) is 71.0 Å². The van der Waals surface area contributed by atoms with E-state index in [-0.39, 0.29) is 12.1 Å². The number of nitrogens with zero attached hydrogens (tertiary/aromatic N) is 2. The van der Waals surface area contributed by atoms with Gasteiger partial charge in [0.2, 0.25) is 0 Å². The van der Waals surface area contributed by atoms with Gasteiger partial charge in [-0.25, -0.2) is 14.6 Å².